The Morgan fingerprint density at radius 3 is 2.50 bits per heavy atom. The SMILES string of the molecule is C1=CC2CC23C=CC13. The van der Waals surface area contributed by atoms with Gasteiger partial charge in [-0.05, 0) is 12.3 Å². The van der Waals surface area contributed by atoms with Crippen LogP contribution < -0.4 is 0 Å². The Balaban J connectivity index is 2.23. The molecule has 3 rings (SSSR count). The summed E-state index contributed by atoms with van der Waals surface area (Å²) in [5.74, 6) is 1.81. The van der Waals surface area contributed by atoms with Crippen LogP contribution in [0.25, 0.3) is 0 Å². The summed E-state index contributed by atoms with van der Waals surface area (Å²) in [6.45, 7) is 0. The third-order valence-corrected chi connectivity index (χ3v) is 2.89. The molecule has 3 atom stereocenters. The molecule has 3 unspecified atom stereocenters. The van der Waals surface area contributed by atoms with Gasteiger partial charge in [-0.2, -0.15) is 0 Å². The van der Waals surface area contributed by atoms with Crippen LogP contribution >= 0.6 is 0 Å². The minimum absolute atomic E-state index is 0.708. The van der Waals surface area contributed by atoms with E-state index in [1.165, 1.54) is 6.42 Å². The number of rotatable bonds is 0. The van der Waals surface area contributed by atoms with Crippen molar-refractivity contribution < 1.29 is 0 Å². The molecule has 0 aromatic heterocycles. The topological polar surface area (TPSA) is 0 Å². The minimum atomic E-state index is 0.708. The molecule has 0 nitrogen and oxygen atoms in total. The fraction of sp³-hybridized carbons (Fsp3) is 0.500. The summed E-state index contributed by atoms with van der Waals surface area (Å²) in [5, 5.41) is 0. The predicted octanol–water partition coefficient (Wildman–Crippen LogP) is 1.75. The predicted molar refractivity (Wildman–Crippen MR) is 32.3 cm³/mol. The smallest absolute Gasteiger partial charge is 0.00482 e. The second-order valence-corrected chi connectivity index (χ2v) is 3.19. The van der Waals surface area contributed by atoms with Crippen LogP contribution in [0, 0.1) is 17.3 Å². The van der Waals surface area contributed by atoms with E-state index in [2.05, 4.69) is 24.3 Å². The van der Waals surface area contributed by atoms with Gasteiger partial charge in [-0.25, -0.2) is 0 Å². The fourth-order valence-electron chi connectivity index (χ4n) is 2.10. The van der Waals surface area contributed by atoms with Gasteiger partial charge in [0.25, 0.3) is 0 Å². The van der Waals surface area contributed by atoms with Gasteiger partial charge in [0.1, 0.15) is 0 Å². The molecule has 8 heavy (non-hydrogen) atoms. The molecule has 40 valence electrons. The summed E-state index contributed by atoms with van der Waals surface area (Å²) in [6, 6.07) is 0. The highest BCUT2D eigenvalue weighted by Crippen LogP contribution is 2.68. The first-order chi connectivity index (χ1) is 3.92. The number of hydrogen-bond acceptors (Lipinski definition) is 0. The van der Waals surface area contributed by atoms with Crippen LogP contribution in [0.1, 0.15) is 6.42 Å². The third kappa shape index (κ3) is 0.169. The molecule has 0 aromatic rings. The molecule has 1 spiro atoms. The van der Waals surface area contributed by atoms with Gasteiger partial charge in [-0.15, -0.1) is 0 Å². The average Bonchev–Trinajstić information content (AvgIpc) is 2.36. The van der Waals surface area contributed by atoms with E-state index in [1.54, 1.807) is 0 Å². The van der Waals surface area contributed by atoms with Crippen molar-refractivity contribution in [3.63, 3.8) is 0 Å². The molecule has 0 N–H and O–H groups in total. The second-order valence-electron chi connectivity index (χ2n) is 3.19. The molecule has 0 amide bonds. The van der Waals surface area contributed by atoms with Crippen LogP contribution in [0.2, 0.25) is 0 Å². The first-order valence-corrected chi connectivity index (χ1v) is 3.29. The maximum absolute atomic E-state index is 2.39. The Morgan fingerprint density at radius 2 is 2.25 bits per heavy atom. The van der Waals surface area contributed by atoms with Crippen molar-refractivity contribution in [2.75, 3.05) is 0 Å². The van der Waals surface area contributed by atoms with E-state index in [9.17, 15) is 0 Å². The third-order valence-electron chi connectivity index (χ3n) is 2.89. The van der Waals surface area contributed by atoms with Gasteiger partial charge in [0.05, 0.1) is 0 Å². The summed E-state index contributed by atoms with van der Waals surface area (Å²) in [7, 11) is 0. The van der Waals surface area contributed by atoms with Crippen molar-refractivity contribution in [2.24, 2.45) is 17.3 Å². The minimum Gasteiger partial charge on any atom is -0.0839 e. The maximum Gasteiger partial charge on any atom is 0.00482 e. The number of allylic oxidation sites excluding steroid dienone is 4. The molecule has 1 saturated carbocycles. The van der Waals surface area contributed by atoms with Crippen LogP contribution in [0.3, 0.4) is 0 Å². The zero-order valence-corrected chi connectivity index (χ0v) is 4.67. The van der Waals surface area contributed by atoms with Crippen molar-refractivity contribution in [2.45, 2.75) is 6.42 Å². The lowest BCUT2D eigenvalue weighted by atomic mass is 9.80. The van der Waals surface area contributed by atoms with Gasteiger partial charge < -0.3 is 0 Å². The maximum atomic E-state index is 2.39. The number of hydrogen-bond donors (Lipinski definition) is 0. The van der Waals surface area contributed by atoms with E-state index in [4.69, 9.17) is 0 Å². The molecule has 0 radical (unpaired) electrons. The van der Waals surface area contributed by atoms with Crippen LogP contribution in [0.15, 0.2) is 24.3 Å². The molecule has 0 bridgehead atoms. The monoisotopic (exact) mass is 104 g/mol. The fourth-order valence-corrected chi connectivity index (χ4v) is 2.10. The van der Waals surface area contributed by atoms with Crippen LogP contribution in [-0.2, 0) is 0 Å². The van der Waals surface area contributed by atoms with Gasteiger partial charge in [-0.1, -0.05) is 24.3 Å². The van der Waals surface area contributed by atoms with E-state index in [0.29, 0.717) is 5.41 Å². The Bertz CT molecular complexity index is 200. The summed E-state index contributed by atoms with van der Waals surface area (Å²) in [5.41, 5.74) is 0.708. The highest BCUT2D eigenvalue weighted by molar-refractivity contribution is 5.41. The molecule has 0 aliphatic heterocycles. The highest BCUT2D eigenvalue weighted by atomic mass is 14.6. The summed E-state index contributed by atoms with van der Waals surface area (Å²) >= 11 is 0. The lowest BCUT2D eigenvalue weighted by molar-refractivity contribution is 0.484. The Labute approximate surface area is 48.9 Å². The Morgan fingerprint density at radius 1 is 1.25 bits per heavy atom. The molecular weight excluding hydrogens is 96.1 g/mol. The van der Waals surface area contributed by atoms with Crippen molar-refractivity contribution >= 4 is 0 Å². The van der Waals surface area contributed by atoms with E-state index in [-0.39, 0.29) is 0 Å². The van der Waals surface area contributed by atoms with Crippen molar-refractivity contribution in [3.05, 3.63) is 24.3 Å². The Hall–Kier alpha value is -0.520. The summed E-state index contributed by atoms with van der Waals surface area (Å²) in [6.07, 6.45) is 10.9. The van der Waals surface area contributed by atoms with Gasteiger partial charge in [0.15, 0.2) is 0 Å². The highest BCUT2D eigenvalue weighted by Gasteiger charge is 2.61. The summed E-state index contributed by atoms with van der Waals surface area (Å²) < 4.78 is 0. The molecule has 0 heterocycles. The van der Waals surface area contributed by atoms with Crippen LogP contribution in [0.4, 0.5) is 0 Å². The molecule has 1 fully saturated rings. The van der Waals surface area contributed by atoms with Crippen LogP contribution in [-0.4, -0.2) is 0 Å². The van der Waals surface area contributed by atoms with E-state index in [0.717, 1.165) is 11.8 Å². The van der Waals surface area contributed by atoms with E-state index in [1.807, 2.05) is 0 Å². The first kappa shape index (κ1) is 3.49. The molecular formula is C8H8. The van der Waals surface area contributed by atoms with Crippen LogP contribution in [0.5, 0.6) is 0 Å². The normalized spacial score (nSPS) is 62.0. The summed E-state index contributed by atoms with van der Waals surface area (Å²) in [4.78, 5) is 0. The standard InChI is InChI=1S/C8H8/c1-2-7-5-8(7)4-3-6(1)8/h1-4,6-7H,5H2. The lowest BCUT2D eigenvalue weighted by Gasteiger charge is -2.23. The van der Waals surface area contributed by atoms with Crippen molar-refractivity contribution in [3.8, 4) is 0 Å². The molecule has 0 aromatic carbocycles. The zero-order valence-electron chi connectivity index (χ0n) is 4.67. The molecule has 0 heteroatoms. The second kappa shape index (κ2) is 0.717. The van der Waals surface area contributed by atoms with E-state index < -0.39 is 0 Å². The lowest BCUT2D eigenvalue weighted by Crippen LogP contribution is -2.15. The molecule has 3 aliphatic rings. The molecule has 0 saturated heterocycles. The first-order valence-electron chi connectivity index (χ1n) is 3.29. The van der Waals surface area contributed by atoms with Gasteiger partial charge in [0, 0.05) is 11.3 Å². The van der Waals surface area contributed by atoms with Gasteiger partial charge >= 0.3 is 0 Å². The molecule has 3 aliphatic carbocycles. The van der Waals surface area contributed by atoms with Crippen molar-refractivity contribution in [1.82, 2.24) is 0 Å². The average molecular weight is 104 g/mol. The van der Waals surface area contributed by atoms with Gasteiger partial charge in [-0.3, -0.25) is 0 Å². The van der Waals surface area contributed by atoms with Gasteiger partial charge in [0.2, 0.25) is 0 Å². The van der Waals surface area contributed by atoms with E-state index >= 15 is 0 Å². The largest absolute Gasteiger partial charge is 0.0839 e. The van der Waals surface area contributed by atoms with Crippen molar-refractivity contribution in [1.29, 1.82) is 0 Å². The Kier molecular flexibility index (Phi) is 0.313. The zero-order chi connectivity index (χ0) is 5.19. The quantitative estimate of drug-likeness (QED) is 0.411.